The molecule has 0 bridgehead atoms. The van der Waals surface area contributed by atoms with Crippen LogP contribution >= 0.6 is 0 Å². The Bertz CT molecular complexity index is 1140. The molecule has 3 aromatic heterocycles. The topological polar surface area (TPSA) is 44.5 Å². The van der Waals surface area contributed by atoms with Crippen LogP contribution in [0.4, 0.5) is 0 Å². The third-order valence-corrected chi connectivity index (χ3v) is 4.23. The van der Waals surface area contributed by atoms with E-state index >= 15 is 0 Å². The predicted octanol–water partition coefficient (Wildman–Crippen LogP) is 4.66. The average Bonchev–Trinajstić information content (AvgIpc) is 3.04. The number of rotatable bonds is 0. The van der Waals surface area contributed by atoms with E-state index < -0.39 is 0 Å². The van der Waals surface area contributed by atoms with Gasteiger partial charge in [0, 0.05) is 27.2 Å². The summed E-state index contributed by atoms with van der Waals surface area (Å²) in [5, 5.41) is 3.66. The van der Waals surface area contributed by atoms with E-state index in [0.29, 0.717) is 0 Å². The molecule has 21 heavy (non-hydrogen) atoms. The van der Waals surface area contributed by atoms with Gasteiger partial charge in [-0.15, -0.1) is 0 Å². The molecule has 0 atom stereocenters. The van der Waals surface area contributed by atoms with Gasteiger partial charge in [0.05, 0.1) is 22.7 Å². The first-order valence-electron chi connectivity index (χ1n) is 7.09. The van der Waals surface area contributed by atoms with Gasteiger partial charge in [-0.05, 0) is 25.1 Å². The van der Waals surface area contributed by atoms with Crippen molar-refractivity contribution in [1.82, 2.24) is 15.0 Å². The van der Waals surface area contributed by atoms with Crippen LogP contribution in [0.15, 0.2) is 48.7 Å². The summed E-state index contributed by atoms with van der Waals surface area (Å²) in [5.41, 5.74) is 6.78. The fourth-order valence-corrected chi connectivity index (χ4v) is 3.26. The number of benzene rings is 2. The molecule has 0 unspecified atom stereocenters. The Hall–Kier alpha value is -2.81. The standard InChI is InChI=1S/C18H13N3/c1-10-6-7-14-12(8-10)17-18(21-14)16-11-4-2-3-5-13(11)20-15(16)9-19-17/h2-9,20-21H,1H3. The second kappa shape index (κ2) is 3.64. The van der Waals surface area contributed by atoms with E-state index in [9.17, 15) is 0 Å². The summed E-state index contributed by atoms with van der Waals surface area (Å²) in [5.74, 6) is 0. The Morgan fingerprint density at radius 1 is 0.857 bits per heavy atom. The summed E-state index contributed by atoms with van der Waals surface area (Å²) in [6, 6.07) is 14.9. The zero-order valence-corrected chi connectivity index (χ0v) is 11.6. The molecule has 0 fully saturated rings. The van der Waals surface area contributed by atoms with E-state index in [1.165, 1.54) is 21.7 Å². The first-order valence-corrected chi connectivity index (χ1v) is 7.09. The van der Waals surface area contributed by atoms with Crippen molar-refractivity contribution in [3.05, 3.63) is 54.2 Å². The molecule has 3 heteroatoms. The second-order valence-corrected chi connectivity index (χ2v) is 5.62. The van der Waals surface area contributed by atoms with Crippen LogP contribution in [-0.4, -0.2) is 15.0 Å². The number of aromatic amines is 2. The van der Waals surface area contributed by atoms with Crippen molar-refractivity contribution in [2.45, 2.75) is 6.92 Å². The van der Waals surface area contributed by atoms with E-state index in [1.54, 1.807) is 0 Å². The number of aryl methyl sites for hydroxylation is 1. The van der Waals surface area contributed by atoms with Crippen molar-refractivity contribution in [3.63, 3.8) is 0 Å². The lowest BCUT2D eigenvalue weighted by Gasteiger charge is -1.94. The Labute approximate surface area is 120 Å². The van der Waals surface area contributed by atoms with Crippen LogP contribution in [0.3, 0.4) is 0 Å². The van der Waals surface area contributed by atoms with E-state index in [-0.39, 0.29) is 0 Å². The molecule has 0 aliphatic heterocycles. The summed E-state index contributed by atoms with van der Waals surface area (Å²) >= 11 is 0. The average molecular weight is 271 g/mol. The normalized spacial score (nSPS) is 12.0. The minimum atomic E-state index is 1.05. The van der Waals surface area contributed by atoms with E-state index in [4.69, 9.17) is 0 Å². The lowest BCUT2D eigenvalue weighted by molar-refractivity contribution is 1.42. The predicted molar refractivity (Wildman–Crippen MR) is 87.7 cm³/mol. The van der Waals surface area contributed by atoms with Gasteiger partial charge in [-0.2, -0.15) is 0 Å². The van der Waals surface area contributed by atoms with Crippen LogP contribution in [0.2, 0.25) is 0 Å². The first-order chi connectivity index (χ1) is 10.3. The number of aromatic nitrogens is 3. The molecule has 2 aromatic carbocycles. The number of hydrogen-bond acceptors (Lipinski definition) is 1. The summed E-state index contributed by atoms with van der Waals surface area (Å²) in [6.07, 6.45) is 1.94. The number of H-pyrrole nitrogens is 2. The van der Waals surface area contributed by atoms with Crippen molar-refractivity contribution in [2.24, 2.45) is 0 Å². The van der Waals surface area contributed by atoms with Crippen LogP contribution in [0.5, 0.6) is 0 Å². The minimum Gasteiger partial charge on any atom is -0.353 e. The highest BCUT2D eigenvalue weighted by molar-refractivity contribution is 6.22. The highest BCUT2D eigenvalue weighted by Gasteiger charge is 2.12. The van der Waals surface area contributed by atoms with Crippen LogP contribution in [0, 0.1) is 6.92 Å². The molecule has 2 N–H and O–H groups in total. The monoisotopic (exact) mass is 271 g/mol. The number of nitrogens with one attached hydrogen (secondary N) is 2. The van der Waals surface area contributed by atoms with Crippen molar-refractivity contribution in [2.75, 3.05) is 0 Å². The highest BCUT2D eigenvalue weighted by Crippen LogP contribution is 2.34. The third kappa shape index (κ3) is 1.35. The lowest BCUT2D eigenvalue weighted by Crippen LogP contribution is -1.77. The maximum Gasteiger partial charge on any atom is 0.0965 e. The summed E-state index contributed by atoms with van der Waals surface area (Å²) in [7, 11) is 0. The largest absolute Gasteiger partial charge is 0.353 e. The molecule has 0 amide bonds. The minimum absolute atomic E-state index is 1.05. The summed E-state index contributed by atoms with van der Waals surface area (Å²) in [6.45, 7) is 2.11. The lowest BCUT2D eigenvalue weighted by atomic mass is 10.1. The molecule has 5 rings (SSSR count). The van der Waals surface area contributed by atoms with Crippen LogP contribution in [0.1, 0.15) is 5.56 Å². The van der Waals surface area contributed by atoms with E-state index in [1.807, 2.05) is 6.20 Å². The Balaban J connectivity index is 2.10. The second-order valence-electron chi connectivity index (χ2n) is 5.62. The van der Waals surface area contributed by atoms with Crippen molar-refractivity contribution >= 4 is 43.7 Å². The highest BCUT2D eigenvalue weighted by atomic mass is 14.8. The van der Waals surface area contributed by atoms with Gasteiger partial charge in [-0.1, -0.05) is 29.8 Å². The molecule has 0 saturated heterocycles. The maximum absolute atomic E-state index is 4.67. The fraction of sp³-hybridized carbons (Fsp3) is 0.0556. The molecule has 0 radical (unpaired) electrons. The van der Waals surface area contributed by atoms with Gasteiger partial charge in [0.15, 0.2) is 0 Å². The van der Waals surface area contributed by atoms with Crippen molar-refractivity contribution < 1.29 is 0 Å². The molecular weight excluding hydrogens is 258 g/mol. The Morgan fingerprint density at radius 2 is 1.71 bits per heavy atom. The molecular formula is C18H13N3. The van der Waals surface area contributed by atoms with Gasteiger partial charge >= 0.3 is 0 Å². The summed E-state index contributed by atoms with van der Waals surface area (Å²) in [4.78, 5) is 11.7. The molecule has 0 spiro atoms. The summed E-state index contributed by atoms with van der Waals surface area (Å²) < 4.78 is 0. The first kappa shape index (κ1) is 10.9. The van der Waals surface area contributed by atoms with Gasteiger partial charge in [-0.25, -0.2) is 0 Å². The van der Waals surface area contributed by atoms with Crippen LogP contribution in [0.25, 0.3) is 43.7 Å². The quantitative estimate of drug-likeness (QED) is 0.423. The molecule has 0 aliphatic rings. The zero-order valence-electron chi connectivity index (χ0n) is 11.6. The van der Waals surface area contributed by atoms with Crippen LogP contribution < -0.4 is 0 Å². The molecule has 5 aromatic rings. The van der Waals surface area contributed by atoms with Crippen LogP contribution in [-0.2, 0) is 0 Å². The maximum atomic E-state index is 4.67. The molecule has 100 valence electrons. The van der Waals surface area contributed by atoms with Gasteiger partial charge in [0.25, 0.3) is 0 Å². The molecule has 0 aliphatic carbocycles. The number of nitrogens with zero attached hydrogens (tertiary/aromatic N) is 1. The fourth-order valence-electron chi connectivity index (χ4n) is 3.26. The van der Waals surface area contributed by atoms with Crippen molar-refractivity contribution in [3.8, 4) is 0 Å². The number of pyridine rings is 1. The van der Waals surface area contributed by atoms with Gasteiger partial charge in [-0.3, -0.25) is 4.98 Å². The molecule has 3 nitrogen and oxygen atoms in total. The van der Waals surface area contributed by atoms with E-state index in [0.717, 1.165) is 27.6 Å². The van der Waals surface area contributed by atoms with E-state index in [2.05, 4.69) is 64.3 Å². The van der Waals surface area contributed by atoms with Gasteiger partial charge in [0.2, 0.25) is 0 Å². The molecule has 3 heterocycles. The number of fused-ring (bicyclic) bond motifs is 7. The molecule has 0 saturated carbocycles. The SMILES string of the molecule is Cc1ccc2[nH]c3c(ncc4[nH]c5ccccc5c43)c2c1. The number of para-hydroxylation sites is 1. The van der Waals surface area contributed by atoms with Gasteiger partial charge < -0.3 is 9.97 Å². The van der Waals surface area contributed by atoms with Gasteiger partial charge in [0.1, 0.15) is 0 Å². The van der Waals surface area contributed by atoms with Crippen molar-refractivity contribution in [1.29, 1.82) is 0 Å². The third-order valence-electron chi connectivity index (χ3n) is 4.23. The Kier molecular flexibility index (Phi) is 1.89. The zero-order chi connectivity index (χ0) is 14.0. The Morgan fingerprint density at radius 3 is 2.67 bits per heavy atom. The smallest absolute Gasteiger partial charge is 0.0965 e. The number of hydrogen-bond donors (Lipinski definition) is 2.